The van der Waals surface area contributed by atoms with E-state index in [4.69, 9.17) is 5.73 Å². The molecule has 6 heteroatoms. The number of rotatable bonds is 5. The van der Waals surface area contributed by atoms with E-state index in [1.807, 2.05) is 13.8 Å². The average molecular weight is 333 g/mol. The zero-order valence-corrected chi connectivity index (χ0v) is 12.8. The van der Waals surface area contributed by atoms with Crippen LogP contribution in [-0.2, 0) is 15.6 Å². The third-order valence-electron chi connectivity index (χ3n) is 2.17. The highest BCUT2D eigenvalue weighted by molar-refractivity contribution is 9.10. The molecule has 1 unspecified atom stereocenters. The van der Waals surface area contributed by atoms with Gasteiger partial charge in [0.25, 0.3) is 0 Å². The monoisotopic (exact) mass is 332 g/mol. The lowest BCUT2D eigenvalue weighted by Gasteiger charge is -2.08. The van der Waals surface area contributed by atoms with Crippen LogP contribution in [0.15, 0.2) is 27.6 Å². The summed E-state index contributed by atoms with van der Waals surface area (Å²) < 4.78 is 12.7. The number of anilines is 1. The number of carbonyl (C=O) groups excluding carboxylic acids is 1. The predicted molar refractivity (Wildman–Crippen MR) is 77.7 cm³/mol. The molecule has 0 aliphatic carbocycles. The molecule has 100 valence electrons. The summed E-state index contributed by atoms with van der Waals surface area (Å²) in [7, 11) is -1.36. The first-order chi connectivity index (χ1) is 8.40. The Morgan fingerprint density at radius 1 is 1.50 bits per heavy atom. The number of hydrogen-bond donors (Lipinski definition) is 2. The van der Waals surface area contributed by atoms with Crippen LogP contribution in [0.4, 0.5) is 5.69 Å². The molecule has 4 nitrogen and oxygen atoms in total. The van der Waals surface area contributed by atoms with Crippen LogP contribution in [0.1, 0.15) is 13.8 Å². The topological polar surface area (TPSA) is 72.2 Å². The highest BCUT2D eigenvalue weighted by Crippen LogP contribution is 2.23. The Bertz CT molecular complexity index is 463. The fraction of sp³-hybridized carbons (Fsp3) is 0.417. The molecule has 1 atom stereocenters. The van der Waals surface area contributed by atoms with E-state index >= 15 is 0 Å². The summed E-state index contributed by atoms with van der Waals surface area (Å²) in [5.41, 5.74) is 6.19. The molecule has 1 aromatic rings. The van der Waals surface area contributed by atoms with Crippen LogP contribution in [0.2, 0.25) is 0 Å². The van der Waals surface area contributed by atoms with Crippen molar-refractivity contribution in [1.29, 1.82) is 0 Å². The molecule has 0 aliphatic heterocycles. The standard InChI is InChI=1S/C12H17BrN2O2S/c1-8(2)6-15-12(16)7-18(17)11-4-3-9(14)5-10(11)13/h3-5,8H,6-7,14H2,1-2H3,(H,15,16). The van der Waals surface area contributed by atoms with E-state index in [9.17, 15) is 9.00 Å². The molecule has 0 aromatic heterocycles. The van der Waals surface area contributed by atoms with E-state index in [2.05, 4.69) is 21.2 Å². The van der Waals surface area contributed by atoms with Crippen molar-refractivity contribution in [3.05, 3.63) is 22.7 Å². The van der Waals surface area contributed by atoms with Crippen molar-refractivity contribution >= 4 is 38.3 Å². The van der Waals surface area contributed by atoms with E-state index in [1.165, 1.54) is 0 Å². The number of carbonyl (C=O) groups is 1. The Balaban J connectivity index is 2.62. The number of nitrogens with two attached hydrogens (primary N) is 1. The quantitative estimate of drug-likeness (QED) is 0.809. The van der Waals surface area contributed by atoms with Crippen molar-refractivity contribution in [3.8, 4) is 0 Å². The summed E-state index contributed by atoms with van der Waals surface area (Å²) >= 11 is 3.30. The Morgan fingerprint density at radius 3 is 2.72 bits per heavy atom. The van der Waals surface area contributed by atoms with Crippen molar-refractivity contribution in [2.75, 3.05) is 18.0 Å². The van der Waals surface area contributed by atoms with Crippen molar-refractivity contribution in [2.45, 2.75) is 18.7 Å². The van der Waals surface area contributed by atoms with Crippen LogP contribution in [0.3, 0.4) is 0 Å². The highest BCUT2D eigenvalue weighted by Gasteiger charge is 2.13. The van der Waals surface area contributed by atoms with E-state index in [1.54, 1.807) is 18.2 Å². The van der Waals surface area contributed by atoms with E-state index < -0.39 is 10.8 Å². The largest absolute Gasteiger partial charge is 0.399 e. The van der Waals surface area contributed by atoms with Gasteiger partial charge >= 0.3 is 0 Å². The zero-order chi connectivity index (χ0) is 13.7. The Morgan fingerprint density at radius 2 is 2.17 bits per heavy atom. The molecule has 0 saturated heterocycles. The van der Waals surface area contributed by atoms with Crippen molar-refractivity contribution < 1.29 is 9.00 Å². The summed E-state index contributed by atoms with van der Waals surface area (Å²) in [6.07, 6.45) is 0. The van der Waals surface area contributed by atoms with Crippen LogP contribution in [0, 0.1) is 5.92 Å². The number of nitrogens with one attached hydrogen (secondary N) is 1. The van der Waals surface area contributed by atoms with Gasteiger partial charge in [-0.1, -0.05) is 13.8 Å². The van der Waals surface area contributed by atoms with Gasteiger partial charge in [-0.05, 0) is 40.0 Å². The summed E-state index contributed by atoms with van der Waals surface area (Å²) in [5.74, 6) is 0.145. The van der Waals surface area contributed by atoms with Crippen LogP contribution < -0.4 is 11.1 Å². The van der Waals surface area contributed by atoms with Crippen LogP contribution in [-0.4, -0.2) is 22.4 Å². The predicted octanol–water partition coefficient (Wildman–Crippen LogP) is 1.91. The molecule has 0 radical (unpaired) electrons. The summed E-state index contributed by atoms with van der Waals surface area (Å²) in [5, 5.41) is 2.74. The van der Waals surface area contributed by atoms with Gasteiger partial charge in [0.15, 0.2) is 0 Å². The van der Waals surface area contributed by atoms with E-state index in [0.717, 1.165) is 0 Å². The van der Waals surface area contributed by atoms with E-state index in [-0.39, 0.29) is 11.7 Å². The third-order valence-corrected chi connectivity index (χ3v) is 4.46. The van der Waals surface area contributed by atoms with Crippen LogP contribution >= 0.6 is 15.9 Å². The molecule has 0 bridgehead atoms. The van der Waals surface area contributed by atoms with Gasteiger partial charge < -0.3 is 11.1 Å². The molecular formula is C12H17BrN2O2S. The first-order valence-electron chi connectivity index (χ1n) is 5.60. The Labute approximate surface area is 118 Å². The lowest BCUT2D eigenvalue weighted by atomic mass is 10.2. The van der Waals surface area contributed by atoms with Crippen molar-refractivity contribution in [3.63, 3.8) is 0 Å². The molecule has 0 spiro atoms. The smallest absolute Gasteiger partial charge is 0.233 e. The number of hydrogen-bond acceptors (Lipinski definition) is 3. The normalized spacial score (nSPS) is 12.4. The first-order valence-corrected chi connectivity index (χ1v) is 7.71. The summed E-state index contributed by atoms with van der Waals surface area (Å²) in [4.78, 5) is 12.2. The van der Waals surface area contributed by atoms with Crippen LogP contribution in [0.25, 0.3) is 0 Å². The maximum atomic E-state index is 12.0. The highest BCUT2D eigenvalue weighted by atomic mass is 79.9. The second-order valence-electron chi connectivity index (χ2n) is 4.38. The van der Waals surface area contributed by atoms with Gasteiger partial charge in [-0.15, -0.1) is 0 Å². The van der Waals surface area contributed by atoms with Gasteiger partial charge in [0, 0.05) is 16.7 Å². The molecule has 1 rings (SSSR count). The summed E-state index contributed by atoms with van der Waals surface area (Å²) in [6.45, 7) is 4.61. The number of amides is 1. The SMILES string of the molecule is CC(C)CNC(=O)CS(=O)c1ccc(N)cc1Br. The second-order valence-corrected chi connectivity index (χ2v) is 6.65. The minimum absolute atomic E-state index is 0.0325. The van der Waals surface area contributed by atoms with Gasteiger partial charge in [-0.25, -0.2) is 0 Å². The third kappa shape index (κ3) is 4.78. The van der Waals surface area contributed by atoms with Gasteiger partial charge in [0.1, 0.15) is 5.75 Å². The van der Waals surface area contributed by atoms with Gasteiger partial charge in [0.2, 0.25) is 5.91 Å². The lowest BCUT2D eigenvalue weighted by Crippen LogP contribution is -2.31. The maximum Gasteiger partial charge on any atom is 0.233 e. The van der Waals surface area contributed by atoms with Gasteiger partial charge in [0.05, 0.1) is 15.7 Å². The lowest BCUT2D eigenvalue weighted by molar-refractivity contribution is -0.118. The number of halogens is 1. The molecular weight excluding hydrogens is 316 g/mol. The fourth-order valence-electron chi connectivity index (χ4n) is 1.27. The Hall–Kier alpha value is -0.880. The van der Waals surface area contributed by atoms with E-state index in [0.29, 0.717) is 27.5 Å². The van der Waals surface area contributed by atoms with Gasteiger partial charge in [-0.3, -0.25) is 9.00 Å². The molecule has 18 heavy (non-hydrogen) atoms. The average Bonchev–Trinajstić information content (AvgIpc) is 2.26. The zero-order valence-electron chi connectivity index (χ0n) is 10.4. The second kappa shape index (κ2) is 6.89. The maximum absolute atomic E-state index is 12.0. The molecule has 1 aromatic carbocycles. The molecule has 0 heterocycles. The molecule has 1 amide bonds. The minimum Gasteiger partial charge on any atom is -0.399 e. The number of nitrogen functional groups attached to an aromatic ring is 1. The Kier molecular flexibility index (Phi) is 5.81. The first kappa shape index (κ1) is 15.2. The molecule has 0 saturated carbocycles. The minimum atomic E-state index is -1.36. The molecule has 0 aliphatic rings. The fourth-order valence-corrected chi connectivity index (χ4v) is 3.20. The molecule has 3 N–H and O–H groups in total. The molecule has 0 fully saturated rings. The number of benzene rings is 1. The van der Waals surface area contributed by atoms with Crippen molar-refractivity contribution in [2.24, 2.45) is 5.92 Å². The van der Waals surface area contributed by atoms with Crippen molar-refractivity contribution in [1.82, 2.24) is 5.32 Å². The van der Waals surface area contributed by atoms with Crippen LogP contribution in [0.5, 0.6) is 0 Å². The summed E-state index contributed by atoms with van der Waals surface area (Å²) in [6, 6.07) is 5.02. The van der Waals surface area contributed by atoms with Gasteiger partial charge in [-0.2, -0.15) is 0 Å².